The van der Waals surface area contributed by atoms with Crippen LogP contribution in [0.25, 0.3) is 0 Å². The fraction of sp³-hybridized carbons (Fsp3) is 0.263. The zero-order chi connectivity index (χ0) is 19.2. The van der Waals surface area contributed by atoms with Crippen molar-refractivity contribution in [1.82, 2.24) is 10.3 Å². The predicted molar refractivity (Wildman–Crippen MR) is 108 cm³/mol. The Labute approximate surface area is 162 Å². The number of piperazine rings is 1. The van der Waals surface area contributed by atoms with Gasteiger partial charge in [0.15, 0.2) is 5.11 Å². The van der Waals surface area contributed by atoms with Crippen LogP contribution in [0.5, 0.6) is 0 Å². The van der Waals surface area contributed by atoms with Crippen LogP contribution in [-0.4, -0.2) is 42.4 Å². The van der Waals surface area contributed by atoms with Gasteiger partial charge < -0.3 is 10.6 Å². The summed E-state index contributed by atoms with van der Waals surface area (Å²) < 4.78 is 28.8. The molecule has 3 N–H and O–H groups in total. The molecule has 0 amide bonds. The highest BCUT2D eigenvalue weighted by Gasteiger charge is 2.21. The van der Waals surface area contributed by atoms with Gasteiger partial charge in [-0.1, -0.05) is 30.3 Å². The lowest BCUT2D eigenvalue weighted by atomic mass is 10.1. The molecule has 0 atom stereocenters. The quantitative estimate of drug-likeness (QED) is 0.467. The minimum absolute atomic E-state index is 0.0303. The summed E-state index contributed by atoms with van der Waals surface area (Å²) in [7, 11) is 0. The molecule has 0 bridgehead atoms. The third kappa shape index (κ3) is 5.21. The van der Waals surface area contributed by atoms with E-state index in [1.54, 1.807) is 0 Å². The van der Waals surface area contributed by atoms with E-state index in [2.05, 4.69) is 39.8 Å². The van der Waals surface area contributed by atoms with Gasteiger partial charge in [0.1, 0.15) is 11.6 Å². The number of nitrogens with zero attached hydrogens (tertiary/aromatic N) is 3. The monoisotopic (exact) mass is 389 g/mol. The predicted octanol–water partition coefficient (Wildman–Crippen LogP) is 2.45. The number of hydrazone groups is 1. The smallest absolute Gasteiger partial charge is 0.184 e. The molecule has 5 nitrogen and oxygen atoms in total. The lowest BCUT2D eigenvalue weighted by molar-refractivity contribution is 0.249. The van der Waals surface area contributed by atoms with E-state index in [-0.39, 0.29) is 16.4 Å². The molecule has 2 aromatic rings. The van der Waals surface area contributed by atoms with E-state index in [1.807, 2.05) is 23.1 Å². The van der Waals surface area contributed by atoms with Crippen LogP contribution in [0.4, 0.5) is 14.5 Å². The first-order chi connectivity index (χ1) is 13.0. The lowest BCUT2D eigenvalue weighted by Gasteiger charge is -2.36. The molecular weight excluding hydrogens is 368 g/mol. The highest BCUT2D eigenvalue weighted by molar-refractivity contribution is 7.80. The van der Waals surface area contributed by atoms with Crippen LogP contribution < -0.4 is 16.1 Å². The van der Waals surface area contributed by atoms with Crippen LogP contribution in [0.2, 0.25) is 0 Å². The van der Waals surface area contributed by atoms with E-state index in [0.29, 0.717) is 13.1 Å². The van der Waals surface area contributed by atoms with E-state index in [9.17, 15) is 8.78 Å². The van der Waals surface area contributed by atoms with Crippen LogP contribution in [0, 0.1) is 11.6 Å². The maximum atomic E-state index is 14.5. The van der Waals surface area contributed by atoms with E-state index in [1.165, 1.54) is 11.6 Å². The van der Waals surface area contributed by atoms with Crippen LogP contribution in [-0.2, 0) is 6.54 Å². The topological polar surface area (TPSA) is 56.9 Å². The first-order valence-electron chi connectivity index (χ1n) is 8.61. The molecule has 0 radical (unpaired) electrons. The molecule has 1 aliphatic heterocycles. The minimum atomic E-state index is -0.549. The Bertz CT molecular complexity index is 820. The summed E-state index contributed by atoms with van der Waals surface area (Å²) in [4.78, 5) is 4.18. The van der Waals surface area contributed by atoms with Gasteiger partial charge in [0, 0.05) is 44.4 Å². The Morgan fingerprint density at radius 1 is 1.11 bits per heavy atom. The number of hydrogen-bond acceptors (Lipinski definition) is 4. The van der Waals surface area contributed by atoms with Gasteiger partial charge in [0.25, 0.3) is 0 Å². The number of nitrogens with one attached hydrogen (secondary N) is 1. The highest BCUT2D eigenvalue weighted by atomic mass is 32.1. The molecule has 142 valence electrons. The molecule has 1 heterocycles. The molecule has 2 aromatic carbocycles. The number of hydrogen-bond donors (Lipinski definition) is 2. The van der Waals surface area contributed by atoms with Crippen molar-refractivity contribution in [2.75, 3.05) is 31.1 Å². The molecule has 1 aliphatic rings. The Balaban J connectivity index is 1.63. The standard InChI is InChI=1S/C19H21F2N5S/c20-16-11-18(17(21)10-15(16)12-23-24-19(22)27)26-8-6-25(7-9-26)13-14-4-2-1-3-5-14/h1-5,10-12H,6-9,13H2,(H3,22,24,27)/b23-12+. The van der Waals surface area contributed by atoms with E-state index >= 15 is 0 Å². The first-order valence-corrected chi connectivity index (χ1v) is 9.02. The molecule has 1 fully saturated rings. The van der Waals surface area contributed by atoms with Crippen molar-refractivity contribution >= 4 is 29.2 Å². The van der Waals surface area contributed by atoms with Gasteiger partial charge in [0.05, 0.1) is 11.9 Å². The number of halogens is 2. The Morgan fingerprint density at radius 3 is 2.48 bits per heavy atom. The summed E-state index contributed by atoms with van der Waals surface area (Å²) in [5.41, 5.74) is 9.10. The second-order valence-corrected chi connectivity index (χ2v) is 6.75. The minimum Gasteiger partial charge on any atom is -0.375 e. The van der Waals surface area contributed by atoms with Crippen molar-refractivity contribution in [3.63, 3.8) is 0 Å². The summed E-state index contributed by atoms with van der Waals surface area (Å²) in [5, 5.41) is 3.62. The summed E-state index contributed by atoms with van der Waals surface area (Å²) in [6.45, 7) is 3.71. The number of thiocarbonyl (C=S) groups is 1. The van der Waals surface area contributed by atoms with E-state index in [4.69, 9.17) is 5.73 Å². The normalized spacial score (nSPS) is 15.3. The van der Waals surface area contributed by atoms with Gasteiger partial charge in [-0.3, -0.25) is 10.3 Å². The number of nitrogens with two attached hydrogens (primary N) is 1. The number of anilines is 1. The van der Waals surface area contributed by atoms with Gasteiger partial charge in [-0.15, -0.1) is 0 Å². The van der Waals surface area contributed by atoms with Gasteiger partial charge >= 0.3 is 0 Å². The number of benzene rings is 2. The fourth-order valence-corrected chi connectivity index (χ4v) is 3.10. The molecule has 0 unspecified atom stereocenters. The lowest BCUT2D eigenvalue weighted by Crippen LogP contribution is -2.46. The molecule has 1 saturated heterocycles. The van der Waals surface area contributed by atoms with Gasteiger partial charge in [-0.25, -0.2) is 8.78 Å². The van der Waals surface area contributed by atoms with Gasteiger partial charge in [0.2, 0.25) is 0 Å². The van der Waals surface area contributed by atoms with Crippen molar-refractivity contribution in [3.05, 3.63) is 65.2 Å². The van der Waals surface area contributed by atoms with E-state index in [0.717, 1.165) is 31.9 Å². The summed E-state index contributed by atoms with van der Waals surface area (Å²) >= 11 is 4.60. The fourth-order valence-electron chi connectivity index (χ4n) is 3.05. The van der Waals surface area contributed by atoms with Crippen molar-refractivity contribution in [3.8, 4) is 0 Å². The molecule has 0 saturated carbocycles. The summed E-state index contributed by atoms with van der Waals surface area (Å²) in [6, 6.07) is 12.6. The molecular formula is C19H21F2N5S. The molecule has 0 aliphatic carbocycles. The molecule has 8 heteroatoms. The second kappa shape index (κ2) is 8.88. The average Bonchev–Trinajstić information content (AvgIpc) is 2.65. The Hall–Kier alpha value is -2.58. The zero-order valence-electron chi connectivity index (χ0n) is 14.7. The SMILES string of the molecule is NC(=S)N/N=C/c1cc(F)c(N2CCN(Cc3ccccc3)CC2)cc1F. The maximum Gasteiger partial charge on any atom is 0.184 e. The largest absolute Gasteiger partial charge is 0.375 e. The van der Waals surface area contributed by atoms with Crippen molar-refractivity contribution in [2.45, 2.75) is 6.54 Å². The number of rotatable bonds is 5. The zero-order valence-corrected chi connectivity index (χ0v) is 15.6. The Morgan fingerprint density at radius 2 is 1.81 bits per heavy atom. The van der Waals surface area contributed by atoms with Crippen LogP contribution in [0.15, 0.2) is 47.6 Å². The molecule has 27 heavy (non-hydrogen) atoms. The summed E-state index contributed by atoms with van der Waals surface area (Å²) in [5.74, 6) is -1.03. The van der Waals surface area contributed by atoms with Crippen LogP contribution in [0.1, 0.15) is 11.1 Å². The van der Waals surface area contributed by atoms with Crippen LogP contribution >= 0.6 is 12.2 Å². The average molecular weight is 389 g/mol. The third-order valence-corrected chi connectivity index (χ3v) is 4.50. The van der Waals surface area contributed by atoms with Crippen molar-refractivity contribution in [1.29, 1.82) is 0 Å². The van der Waals surface area contributed by atoms with Crippen molar-refractivity contribution in [2.24, 2.45) is 10.8 Å². The third-order valence-electron chi connectivity index (χ3n) is 4.41. The second-order valence-electron chi connectivity index (χ2n) is 6.31. The maximum absolute atomic E-state index is 14.5. The summed E-state index contributed by atoms with van der Waals surface area (Å²) in [6.07, 6.45) is 1.15. The highest BCUT2D eigenvalue weighted by Crippen LogP contribution is 2.24. The van der Waals surface area contributed by atoms with Crippen LogP contribution in [0.3, 0.4) is 0 Å². The molecule has 0 aromatic heterocycles. The van der Waals surface area contributed by atoms with Crippen molar-refractivity contribution < 1.29 is 8.78 Å². The van der Waals surface area contributed by atoms with Gasteiger partial charge in [-0.2, -0.15) is 5.10 Å². The first kappa shape index (κ1) is 19.2. The van der Waals surface area contributed by atoms with E-state index < -0.39 is 11.6 Å². The molecule has 0 spiro atoms. The molecule has 3 rings (SSSR count). The Kier molecular flexibility index (Phi) is 6.31. The van der Waals surface area contributed by atoms with Gasteiger partial charge in [-0.05, 0) is 23.8 Å².